The first-order chi connectivity index (χ1) is 9.77. The minimum absolute atomic E-state index is 0.151. The normalized spacial score (nSPS) is 11.2. The van der Waals surface area contributed by atoms with E-state index < -0.39 is 9.84 Å². The van der Waals surface area contributed by atoms with Crippen LogP contribution in [0.4, 0.5) is 5.69 Å². The molecule has 1 amide bonds. The van der Waals surface area contributed by atoms with Crippen LogP contribution < -0.4 is 5.32 Å². The Morgan fingerprint density at radius 3 is 2.52 bits per heavy atom. The van der Waals surface area contributed by atoms with Gasteiger partial charge in [-0.05, 0) is 52.3 Å². The lowest BCUT2D eigenvalue weighted by molar-refractivity contribution is 0.102. The van der Waals surface area contributed by atoms with Crippen LogP contribution in [-0.4, -0.2) is 20.6 Å². The lowest BCUT2D eigenvalue weighted by Crippen LogP contribution is -2.12. The standard InChI is InChI=1S/C14H11BrClNO3S/c1-21(19,20)11-4-2-3-10(8-11)17-14(18)9-5-6-13(16)12(15)7-9/h2-8H,1H3,(H,17,18). The molecule has 0 bridgehead atoms. The van der Waals surface area contributed by atoms with E-state index in [-0.39, 0.29) is 10.8 Å². The van der Waals surface area contributed by atoms with Crippen LogP contribution in [0.1, 0.15) is 10.4 Å². The summed E-state index contributed by atoms with van der Waals surface area (Å²) in [6.45, 7) is 0. The van der Waals surface area contributed by atoms with Gasteiger partial charge in [0, 0.05) is 22.0 Å². The summed E-state index contributed by atoms with van der Waals surface area (Å²) in [5.41, 5.74) is 0.824. The highest BCUT2D eigenvalue weighted by molar-refractivity contribution is 9.10. The Labute approximate surface area is 136 Å². The molecule has 0 aliphatic carbocycles. The van der Waals surface area contributed by atoms with E-state index in [1.54, 1.807) is 30.3 Å². The maximum Gasteiger partial charge on any atom is 0.255 e. The predicted octanol–water partition coefficient (Wildman–Crippen LogP) is 3.76. The molecular weight excluding hydrogens is 378 g/mol. The average molecular weight is 389 g/mol. The Hall–Kier alpha value is -1.37. The van der Waals surface area contributed by atoms with Gasteiger partial charge in [-0.3, -0.25) is 4.79 Å². The van der Waals surface area contributed by atoms with Gasteiger partial charge in [0.2, 0.25) is 0 Å². The molecule has 21 heavy (non-hydrogen) atoms. The third kappa shape index (κ3) is 4.06. The molecule has 0 unspecified atom stereocenters. The van der Waals surface area contributed by atoms with Crippen molar-refractivity contribution in [3.63, 3.8) is 0 Å². The predicted molar refractivity (Wildman–Crippen MR) is 86.7 cm³/mol. The molecule has 2 rings (SSSR count). The van der Waals surface area contributed by atoms with Crippen molar-refractivity contribution in [3.05, 3.63) is 57.5 Å². The zero-order chi connectivity index (χ0) is 15.6. The Kier molecular flexibility index (Phi) is 4.70. The summed E-state index contributed by atoms with van der Waals surface area (Å²) in [4.78, 5) is 12.3. The molecule has 2 aromatic carbocycles. The van der Waals surface area contributed by atoms with E-state index in [0.29, 0.717) is 20.7 Å². The average Bonchev–Trinajstić information content (AvgIpc) is 2.41. The molecule has 7 heteroatoms. The number of rotatable bonds is 3. The number of amides is 1. The highest BCUT2D eigenvalue weighted by atomic mass is 79.9. The molecule has 0 aromatic heterocycles. The Morgan fingerprint density at radius 2 is 1.90 bits per heavy atom. The topological polar surface area (TPSA) is 63.2 Å². The molecule has 2 aromatic rings. The number of hydrogen-bond acceptors (Lipinski definition) is 3. The van der Waals surface area contributed by atoms with Gasteiger partial charge in [0.05, 0.1) is 9.92 Å². The van der Waals surface area contributed by atoms with Crippen LogP contribution in [0.25, 0.3) is 0 Å². The summed E-state index contributed by atoms with van der Waals surface area (Å²) in [7, 11) is -3.31. The maximum absolute atomic E-state index is 12.1. The van der Waals surface area contributed by atoms with Crippen molar-refractivity contribution in [2.45, 2.75) is 4.90 Å². The SMILES string of the molecule is CS(=O)(=O)c1cccc(NC(=O)c2ccc(Cl)c(Br)c2)c1. The molecule has 110 valence electrons. The summed E-state index contributed by atoms with van der Waals surface area (Å²) < 4.78 is 23.6. The van der Waals surface area contributed by atoms with E-state index >= 15 is 0 Å². The Balaban J connectivity index is 2.25. The minimum atomic E-state index is -3.31. The van der Waals surface area contributed by atoms with Crippen molar-refractivity contribution in [2.24, 2.45) is 0 Å². The molecular formula is C14H11BrClNO3S. The lowest BCUT2D eigenvalue weighted by atomic mass is 10.2. The largest absolute Gasteiger partial charge is 0.322 e. The van der Waals surface area contributed by atoms with E-state index in [1.807, 2.05) is 0 Å². The molecule has 0 aliphatic rings. The Bertz CT molecular complexity index is 806. The maximum atomic E-state index is 12.1. The molecule has 4 nitrogen and oxygen atoms in total. The smallest absolute Gasteiger partial charge is 0.255 e. The summed E-state index contributed by atoms with van der Waals surface area (Å²) >= 11 is 9.12. The van der Waals surface area contributed by atoms with Crippen molar-refractivity contribution < 1.29 is 13.2 Å². The number of halogens is 2. The molecule has 1 N–H and O–H groups in total. The summed E-state index contributed by atoms with van der Waals surface area (Å²) in [5, 5.41) is 3.16. The molecule has 0 radical (unpaired) electrons. The van der Waals surface area contributed by atoms with Crippen LogP contribution in [0.3, 0.4) is 0 Å². The summed E-state index contributed by atoms with van der Waals surface area (Å²) in [6.07, 6.45) is 1.12. The second kappa shape index (κ2) is 6.17. The van der Waals surface area contributed by atoms with Gasteiger partial charge in [0.25, 0.3) is 5.91 Å². The van der Waals surface area contributed by atoms with E-state index in [1.165, 1.54) is 12.1 Å². The molecule has 0 saturated carbocycles. The first-order valence-electron chi connectivity index (χ1n) is 5.84. The van der Waals surface area contributed by atoms with E-state index in [0.717, 1.165) is 6.26 Å². The monoisotopic (exact) mass is 387 g/mol. The van der Waals surface area contributed by atoms with Crippen molar-refractivity contribution in [2.75, 3.05) is 11.6 Å². The van der Waals surface area contributed by atoms with Gasteiger partial charge in [0.15, 0.2) is 9.84 Å². The molecule has 0 spiro atoms. The van der Waals surface area contributed by atoms with Crippen LogP contribution in [0, 0.1) is 0 Å². The van der Waals surface area contributed by atoms with Crippen molar-refractivity contribution in [1.29, 1.82) is 0 Å². The third-order valence-corrected chi connectivity index (χ3v) is 5.03. The molecule has 0 saturated heterocycles. The van der Waals surface area contributed by atoms with Gasteiger partial charge in [-0.1, -0.05) is 17.7 Å². The highest BCUT2D eigenvalue weighted by Gasteiger charge is 2.11. The van der Waals surface area contributed by atoms with Crippen LogP contribution in [-0.2, 0) is 9.84 Å². The first-order valence-corrected chi connectivity index (χ1v) is 8.90. The molecule has 0 aliphatic heterocycles. The summed E-state index contributed by atoms with van der Waals surface area (Å²) in [5.74, 6) is -0.349. The van der Waals surface area contributed by atoms with Crippen LogP contribution in [0.5, 0.6) is 0 Å². The molecule has 0 heterocycles. The van der Waals surface area contributed by atoms with Crippen LogP contribution in [0.2, 0.25) is 5.02 Å². The van der Waals surface area contributed by atoms with Crippen LogP contribution >= 0.6 is 27.5 Å². The summed E-state index contributed by atoms with van der Waals surface area (Å²) in [6, 6.07) is 10.9. The third-order valence-electron chi connectivity index (χ3n) is 2.70. The zero-order valence-corrected chi connectivity index (χ0v) is 14.1. The number of benzene rings is 2. The van der Waals surface area contributed by atoms with Gasteiger partial charge in [0.1, 0.15) is 0 Å². The number of carbonyl (C=O) groups is 1. The van der Waals surface area contributed by atoms with Gasteiger partial charge >= 0.3 is 0 Å². The number of hydrogen-bond donors (Lipinski definition) is 1. The molecule has 0 fully saturated rings. The fourth-order valence-corrected chi connectivity index (χ4v) is 2.81. The van der Waals surface area contributed by atoms with Gasteiger partial charge in [-0.2, -0.15) is 0 Å². The van der Waals surface area contributed by atoms with Gasteiger partial charge in [-0.15, -0.1) is 0 Å². The zero-order valence-electron chi connectivity index (χ0n) is 10.9. The van der Waals surface area contributed by atoms with Gasteiger partial charge < -0.3 is 5.32 Å². The Morgan fingerprint density at radius 1 is 1.19 bits per heavy atom. The van der Waals surface area contributed by atoms with E-state index in [4.69, 9.17) is 11.6 Å². The lowest BCUT2D eigenvalue weighted by Gasteiger charge is -2.07. The number of nitrogens with one attached hydrogen (secondary N) is 1. The fraction of sp³-hybridized carbons (Fsp3) is 0.0714. The second-order valence-corrected chi connectivity index (χ2v) is 7.66. The quantitative estimate of drug-likeness (QED) is 0.871. The van der Waals surface area contributed by atoms with Gasteiger partial charge in [-0.25, -0.2) is 8.42 Å². The number of carbonyl (C=O) groups excluding carboxylic acids is 1. The molecule has 0 atom stereocenters. The number of anilines is 1. The van der Waals surface area contributed by atoms with Crippen LogP contribution in [0.15, 0.2) is 51.8 Å². The highest BCUT2D eigenvalue weighted by Crippen LogP contribution is 2.24. The van der Waals surface area contributed by atoms with E-state index in [2.05, 4.69) is 21.2 Å². The minimum Gasteiger partial charge on any atom is -0.322 e. The first kappa shape index (κ1) is 16.0. The van der Waals surface area contributed by atoms with Crippen molar-refractivity contribution in [1.82, 2.24) is 0 Å². The van der Waals surface area contributed by atoms with E-state index in [9.17, 15) is 13.2 Å². The fourth-order valence-electron chi connectivity index (χ4n) is 1.65. The number of sulfone groups is 1. The second-order valence-electron chi connectivity index (χ2n) is 4.38. The van der Waals surface area contributed by atoms with Crippen molar-refractivity contribution >= 4 is 49.0 Å². The van der Waals surface area contributed by atoms with Crippen molar-refractivity contribution in [3.8, 4) is 0 Å².